The van der Waals surface area contributed by atoms with Crippen molar-refractivity contribution < 1.29 is 0 Å². The third-order valence-electron chi connectivity index (χ3n) is 2.68. The average molecular weight is 306 g/mol. The maximum absolute atomic E-state index is 4.61. The summed E-state index contributed by atoms with van der Waals surface area (Å²) >= 11 is 3.55. The molecule has 4 heteroatoms. The molecule has 0 atom stereocenters. The first-order valence-corrected chi connectivity index (χ1v) is 6.82. The van der Waals surface area contributed by atoms with E-state index in [4.69, 9.17) is 0 Å². The Morgan fingerprint density at radius 2 is 2.06 bits per heavy atom. The van der Waals surface area contributed by atoms with Crippen molar-refractivity contribution in [2.75, 3.05) is 13.6 Å². The van der Waals surface area contributed by atoms with Gasteiger partial charge in [0, 0.05) is 22.7 Å². The second-order valence-electron chi connectivity index (χ2n) is 4.05. The Hall–Kier alpha value is -1.26. The summed E-state index contributed by atoms with van der Waals surface area (Å²) in [6.45, 7) is 0.989. The number of nitrogens with zero attached hydrogens (tertiary/aromatic N) is 2. The highest BCUT2D eigenvalue weighted by Gasteiger charge is 2.05. The van der Waals surface area contributed by atoms with E-state index >= 15 is 0 Å². The second kappa shape index (κ2) is 6.61. The van der Waals surface area contributed by atoms with Crippen LogP contribution in [0.1, 0.15) is 12.2 Å². The smallest absolute Gasteiger partial charge is 0.128 e. The molecule has 2 rings (SSSR count). The number of hydrogen-bond donors (Lipinski definition) is 1. The van der Waals surface area contributed by atoms with Gasteiger partial charge in [0.05, 0.1) is 5.69 Å². The van der Waals surface area contributed by atoms with Crippen LogP contribution >= 0.6 is 15.9 Å². The minimum Gasteiger partial charge on any atom is -0.320 e. The summed E-state index contributed by atoms with van der Waals surface area (Å²) in [5.74, 6) is 0.901. The number of benzene rings is 1. The highest BCUT2D eigenvalue weighted by atomic mass is 79.9. The Balaban J connectivity index is 2.19. The summed E-state index contributed by atoms with van der Waals surface area (Å²) in [6, 6.07) is 10.1. The molecule has 1 N–H and O–H groups in total. The summed E-state index contributed by atoms with van der Waals surface area (Å²) in [5.41, 5.74) is 2.08. The molecule has 0 aliphatic heterocycles. The number of aromatic nitrogens is 2. The van der Waals surface area contributed by atoms with E-state index < -0.39 is 0 Å². The second-order valence-corrected chi connectivity index (χ2v) is 4.90. The van der Waals surface area contributed by atoms with E-state index in [9.17, 15) is 0 Å². The zero-order chi connectivity index (χ0) is 12.8. The van der Waals surface area contributed by atoms with Crippen molar-refractivity contribution in [3.8, 4) is 11.3 Å². The Bertz CT molecular complexity index is 514. The Morgan fingerprint density at radius 3 is 2.83 bits per heavy atom. The fourth-order valence-corrected chi connectivity index (χ4v) is 2.25. The molecule has 0 saturated carbocycles. The lowest BCUT2D eigenvalue weighted by molar-refractivity contribution is 0.702. The third kappa shape index (κ3) is 3.37. The number of rotatable bonds is 5. The van der Waals surface area contributed by atoms with Crippen molar-refractivity contribution in [1.29, 1.82) is 0 Å². The lowest BCUT2D eigenvalue weighted by Crippen LogP contribution is -2.09. The molecular formula is C14H16BrN3. The molecular weight excluding hydrogens is 290 g/mol. The summed E-state index contributed by atoms with van der Waals surface area (Å²) in [4.78, 5) is 8.92. The predicted molar refractivity (Wildman–Crippen MR) is 77.4 cm³/mol. The van der Waals surface area contributed by atoms with Crippen molar-refractivity contribution in [2.45, 2.75) is 12.8 Å². The molecule has 0 aliphatic rings. The maximum Gasteiger partial charge on any atom is 0.128 e. The lowest BCUT2D eigenvalue weighted by Gasteiger charge is -2.05. The van der Waals surface area contributed by atoms with E-state index in [-0.39, 0.29) is 0 Å². The van der Waals surface area contributed by atoms with Gasteiger partial charge in [-0.05, 0) is 32.1 Å². The van der Waals surface area contributed by atoms with Crippen molar-refractivity contribution >= 4 is 15.9 Å². The van der Waals surface area contributed by atoms with Gasteiger partial charge in [0.2, 0.25) is 0 Å². The van der Waals surface area contributed by atoms with Crippen molar-refractivity contribution in [3.63, 3.8) is 0 Å². The molecule has 18 heavy (non-hydrogen) atoms. The number of hydrogen-bond acceptors (Lipinski definition) is 3. The molecule has 0 aliphatic carbocycles. The van der Waals surface area contributed by atoms with Crippen LogP contribution in [0.25, 0.3) is 11.3 Å². The Labute approximate surface area is 116 Å². The average Bonchev–Trinajstić information content (AvgIpc) is 2.40. The quantitative estimate of drug-likeness (QED) is 0.863. The van der Waals surface area contributed by atoms with Gasteiger partial charge in [0.1, 0.15) is 5.82 Å². The van der Waals surface area contributed by atoms with Gasteiger partial charge < -0.3 is 5.32 Å². The first-order valence-electron chi connectivity index (χ1n) is 6.02. The van der Waals surface area contributed by atoms with Gasteiger partial charge in [-0.3, -0.25) is 0 Å². The van der Waals surface area contributed by atoms with E-state index in [1.807, 2.05) is 37.5 Å². The van der Waals surface area contributed by atoms with Gasteiger partial charge in [-0.25, -0.2) is 9.97 Å². The van der Waals surface area contributed by atoms with Crippen molar-refractivity contribution in [3.05, 3.63) is 46.8 Å². The summed E-state index contributed by atoms with van der Waals surface area (Å²) in [7, 11) is 1.96. The molecule has 0 spiro atoms. The fraction of sp³-hybridized carbons (Fsp3) is 0.286. The van der Waals surface area contributed by atoms with Gasteiger partial charge in [-0.2, -0.15) is 0 Å². The van der Waals surface area contributed by atoms with Crippen LogP contribution < -0.4 is 5.32 Å². The molecule has 94 valence electrons. The molecule has 2 aromatic rings. The van der Waals surface area contributed by atoms with Crippen LogP contribution in [0.5, 0.6) is 0 Å². The number of nitrogens with one attached hydrogen (secondary N) is 1. The lowest BCUT2D eigenvalue weighted by atomic mass is 10.1. The number of aryl methyl sites for hydroxylation is 1. The molecule has 0 unspecified atom stereocenters. The fourth-order valence-electron chi connectivity index (χ4n) is 1.76. The van der Waals surface area contributed by atoms with E-state index in [0.29, 0.717) is 0 Å². The highest BCUT2D eigenvalue weighted by Crippen LogP contribution is 2.25. The van der Waals surface area contributed by atoms with Crippen molar-refractivity contribution in [2.24, 2.45) is 0 Å². The first kappa shape index (κ1) is 13.2. The van der Waals surface area contributed by atoms with Crippen LogP contribution in [0.4, 0.5) is 0 Å². The van der Waals surface area contributed by atoms with Crippen molar-refractivity contribution in [1.82, 2.24) is 15.3 Å². The van der Waals surface area contributed by atoms with E-state index in [2.05, 4.69) is 37.3 Å². The van der Waals surface area contributed by atoms with Gasteiger partial charge in [0.15, 0.2) is 0 Å². The minimum absolute atomic E-state index is 0.901. The molecule has 0 bridgehead atoms. The van der Waals surface area contributed by atoms with Crippen LogP contribution in [0.2, 0.25) is 0 Å². The van der Waals surface area contributed by atoms with Crippen LogP contribution in [0, 0.1) is 0 Å². The van der Waals surface area contributed by atoms with Gasteiger partial charge in [-0.1, -0.05) is 34.1 Å². The molecule has 1 aromatic carbocycles. The molecule has 0 radical (unpaired) electrons. The summed E-state index contributed by atoms with van der Waals surface area (Å²) < 4.78 is 1.06. The third-order valence-corrected chi connectivity index (χ3v) is 3.37. The van der Waals surface area contributed by atoms with E-state index in [1.165, 1.54) is 0 Å². The maximum atomic E-state index is 4.61. The SMILES string of the molecule is CNCCCc1nccc(-c2ccccc2Br)n1. The van der Waals surface area contributed by atoms with Gasteiger partial charge >= 0.3 is 0 Å². The first-order chi connectivity index (χ1) is 8.81. The van der Waals surface area contributed by atoms with Crippen LogP contribution in [-0.4, -0.2) is 23.6 Å². The van der Waals surface area contributed by atoms with Gasteiger partial charge in [0.25, 0.3) is 0 Å². The predicted octanol–water partition coefficient (Wildman–Crippen LogP) is 3.06. The van der Waals surface area contributed by atoms with Gasteiger partial charge in [-0.15, -0.1) is 0 Å². The molecule has 0 amide bonds. The van der Waals surface area contributed by atoms with E-state index in [0.717, 1.165) is 40.9 Å². The monoisotopic (exact) mass is 305 g/mol. The zero-order valence-electron chi connectivity index (χ0n) is 10.4. The van der Waals surface area contributed by atoms with Crippen LogP contribution in [-0.2, 0) is 6.42 Å². The Morgan fingerprint density at radius 1 is 1.22 bits per heavy atom. The molecule has 0 fully saturated rings. The highest BCUT2D eigenvalue weighted by molar-refractivity contribution is 9.10. The van der Waals surface area contributed by atoms with Crippen LogP contribution in [0.3, 0.4) is 0 Å². The zero-order valence-corrected chi connectivity index (χ0v) is 11.9. The topological polar surface area (TPSA) is 37.8 Å². The van der Waals surface area contributed by atoms with E-state index in [1.54, 1.807) is 0 Å². The Kier molecular flexibility index (Phi) is 4.84. The standard InChI is InChI=1S/C14H16BrN3/c1-16-9-4-7-14-17-10-8-13(18-14)11-5-2-3-6-12(11)15/h2-3,5-6,8,10,16H,4,7,9H2,1H3. The number of halogens is 1. The molecule has 3 nitrogen and oxygen atoms in total. The largest absolute Gasteiger partial charge is 0.320 e. The summed E-state index contributed by atoms with van der Waals surface area (Å²) in [6.07, 6.45) is 3.78. The normalized spacial score (nSPS) is 10.6. The minimum atomic E-state index is 0.901. The molecule has 1 heterocycles. The summed E-state index contributed by atoms with van der Waals surface area (Å²) in [5, 5.41) is 3.13. The molecule has 1 aromatic heterocycles. The van der Waals surface area contributed by atoms with Crippen LogP contribution in [0.15, 0.2) is 41.0 Å². The molecule has 0 saturated heterocycles.